The third-order valence-electron chi connectivity index (χ3n) is 8.65. The first-order valence-corrected chi connectivity index (χ1v) is 16.5. The molecule has 6 rings (SSSR count). The predicted octanol–water partition coefficient (Wildman–Crippen LogP) is 7.94. The minimum absolute atomic E-state index is 0.00302. The number of hydrogen-bond donors (Lipinski definition) is 1. The van der Waals surface area contributed by atoms with Gasteiger partial charge in [-0.25, -0.2) is 14.2 Å². The van der Waals surface area contributed by atoms with Crippen LogP contribution in [0.25, 0.3) is 17.0 Å². The van der Waals surface area contributed by atoms with Crippen molar-refractivity contribution in [3.8, 4) is 0 Å². The third-order valence-corrected chi connectivity index (χ3v) is 8.65. The van der Waals surface area contributed by atoms with E-state index in [0.717, 1.165) is 36.2 Å². The van der Waals surface area contributed by atoms with Crippen LogP contribution in [0.3, 0.4) is 0 Å². The first-order valence-electron chi connectivity index (χ1n) is 16.5. The lowest BCUT2D eigenvalue weighted by molar-refractivity contribution is -0.146. The van der Waals surface area contributed by atoms with E-state index >= 15 is 0 Å². The zero-order valence-electron chi connectivity index (χ0n) is 27.5. The molecule has 5 aromatic rings. The number of rotatable bonds is 12. The summed E-state index contributed by atoms with van der Waals surface area (Å²) in [6, 6.07) is 25.0. The summed E-state index contributed by atoms with van der Waals surface area (Å²) in [4.78, 5) is 50.7. The lowest BCUT2D eigenvalue weighted by Crippen LogP contribution is -2.37. The highest BCUT2D eigenvalue weighted by Gasteiger charge is 2.26. The van der Waals surface area contributed by atoms with Crippen LogP contribution in [0.5, 0.6) is 0 Å². The van der Waals surface area contributed by atoms with Gasteiger partial charge in [0.05, 0.1) is 17.6 Å². The zero-order valence-corrected chi connectivity index (χ0v) is 27.5. The van der Waals surface area contributed by atoms with E-state index in [9.17, 15) is 18.8 Å². The van der Waals surface area contributed by atoms with Crippen LogP contribution in [0.1, 0.15) is 52.0 Å². The molecule has 2 aromatic heterocycles. The maximum absolute atomic E-state index is 14.7. The molecule has 0 aliphatic carbocycles. The fourth-order valence-corrected chi connectivity index (χ4v) is 6.15. The van der Waals surface area contributed by atoms with Crippen LogP contribution in [-0.4, -0.2) is 40.9 Å². The van der Waals surface area contributed by atoms with Gasteiger partial charge in [0.2, 0.25) is 0 Å². The monoisotopic (exact) mass is 672 g/mol. The molecule has 0 spiro atoms. The van der Waals surface area contributed by atoms with Crippen LogP contribution in [0.15, 0.2) is 104 Å². The lowest BCUT2D eigenvalue weighted by Gasteiger charge is -2.35. The third kappa shape index (κ3) is 8.57. The van der Waals surface area contributed by atoms with Gasteiger partial charge in [-0.05, 0) is 54.2 Å². The topological polar surface area (TPSA) is 111 Å². The van der Waals surface area contributed by atoms with Gasteiger partial charge < -0.3 is 14.4 Å². The quantitative estimate of drug-likeness (QED) is 0.105. The Labute approximate surface area is 289 Å². The summed E-state index contributed by atoms with van der Waals surface area (Å²) in [5.41, 5.74) is 3.96. The number of carbonyl (C=O) groups excluding carboxylic acids is 3. The largest absolute Gasteiger partial charge is 0.461 e. The van der Waals surface area contributed by atoms with Crippen molar-refractivity contribution in [1.82, 2.24) is 9.97 Å². The molecule has 50 heavy (non-hydrogen) atoms. The summed E-state index contributed by atoms with van der Waals surface area (Å²) in [5.74, 6) is -1.03. The van der Waals surface area contributed by atoms with Crippen molar-refractivity contribution in [2.75, 3.05) is 23.3 Å². The number of nitrogens with zero attached hydrogens (tertiary/aromatic N) is 3. The van der Waals surface area contributed by atoms with E-state index < -0.39 is 11.9 Å². The predicted molar refractivity (Wildman–Crippen MR) is 190 cm³/mol. The van der Waals surface area contributed by atoms with E-state index in [1.54, 1.807) is 12.4 Å². The minimum Gasteiger partial charge on any atom is -0.461 e. The second-order valence-electron chi connectivity index (χ2n) is 12.3. The number of ketones is 1. The molecule has 10 heteroatoms. The van der Waals surface area contributed by atoms with E-state index in [0.29, 0.717) is 29.4 Å². The SMILES string of the molecule is C=Cc1cc2nc(C(=O)Cc3cnccc3N3CCC[C@H](CC(=O)OCc4ccccc4)C3)c(NC(=O)OCc3ccccc3)cc2cc1F. The fraction of sp³-hybridized carbons (Fsp3) is 0.225. The molecule has 3 aromatic carbocycles. The number of nitrogens with one attached hydrogen (secondary N) is 1. The normalized spacial score (nSPS) is 14.2. The van der Waals surface area contributed by atoms with E-state index in [2.05, 4.69) is 26.8 Å². The number of amides is 1. The molecule has 254 valence electrons. The van der Waals surface area contributed by atoms with Crippen molar-refractivity contribution in [2.24, 2.45) is 5.92 Å². The summed E-state index contributed by atoms with van der Waals surface area (Å²) < 4.78 is 25.6. The molecule has 1 aliphatic heterocycles. The Morgan fingerprint density at radius 1 is 0.960 bits per heavy atom. The number of carbonyl (C=O) groups is 3. The molecule has 0 bridgehead atoms. The van der Waals surface area contributed by atoms with Gasteiger partial charge in [-0.2, -0.15) is 0 Å². The van der Waals surface area contributed by atoms with Gasteiger partial charge in [-0.1, -0.05) is 73.3 Å². The number of halogens is 1. The highest BCUT2D eigenvalue weighted by Crippen LogP contribution is 2.30. The zero-order chi connectivity index (χ0) is 34.9. The van der Waals surface area contributed by atoms with Crippen LogP contribution >= 0.6 is 0 Å². The maximum atomic E-state index is 14.7. The van der Waals surface area contributed by atoms with E-state index in [1.165, 1.54) is 24.3 Å². The number of anilines is 2. The fourth-order valence-electron chi connectivity index (χ4n) is 6.15. The number of esters is 1. The second-order valence-corrected chi connectivity index (χ2v) is 12.3. The summed E-state index contributed by atoms with van der Waals surface area (Å²) >= 11 is 0. The number of benzene rings is 3. The van der Waals surface area contributed by atoms with Gasteiger partial charge in [0.15, 0.2) is 5.78 Å². The Morgan fingerprint density at radius 3 is 2.40 bits per heavy atom. The molecule has 1 atom stereocenters. The molecule has 0 saturated carbocycles. The van der Waals surface area contributed by atoms with Gasteiger partial charge >= 0.3 is 12.1 Å². The van der Waals surface area contributed by atoms with Crippen molar-refractivity contribution in [2.45, 2.75) is 38.9 Å². The number of aromatic nitrogens is 2. The van der Waals surface area contributed by atoms with Crippen molar-refractivity contribution in [1.29, 1.82) is 0 Å². The Kier molecular flexibility index (Phi) is 10.9. The Bertz CT molecular complexity index is 2000. The Morgan fingerprint density at radius 2 is 1.68 bits per heavy atom. The molecular weight excluding hydrogens is 635 g/mol. The van der Waals surface area contributed by atoms with Crippen LogP contribution in [0.4, 0.5) is 20.6 Å². The van der Waals surface area contributed by atoms with Crippen molar-refractivity contribution in [3.63, 3.8) is 0 Å². The molecule has 0 unspecified atom stereocenters. The first-order chi connectivity index (χ1) is 24.4. The van der Waals surface area contributed by atoms with Crippen LogP contribution in [-0.2, 0) is 33.9 Å². The van der Waals surface area contributed by atoms with Crippen LogP contribution in [0.2, 0.25) is 0 Å². The summed E-state index contributed by atoms with van der Waals surface area (Å²) in [6.07, 6.45) is 5.92. The molecule has 0 radical (unpaired) electrons. The van der Waals surface area contributed by atoms with E-state index in [1.807, 2.05) is 66.7 Å². The number of Topliss-reactive ketones (excluding diaryl/α,β-unsaturated/α-hetero) is 1. The van der Waals surface area contributed by atoms with Crippen molar-refractivity contribution < 1.29 is 28.2 Å². The summed E-state index contributed by atoms with van der Waals surface area (Å²) in [5, 5.41) is 3.05. The first kappa shape index (κ1) is 34.0. The maximum Gasteiger partial charge on any atom is 0.412 e. The molecule has 1 fully saturated rings. The average Bonchev–Trinajstić information content (AvgIpc) is 3.14. The van der Waals surface area contributed by atoms with E-state index in [4.69, 9.17) is 9.47 Å². The molecule has 1 saturated heterocycles. The van der Waals surface area contributed by atoms with Gasteiger partial charge in [-0.3, -0.25) is 19.9 Å². The van der Waals surface area contributed by atoms with E-state index in [-0.39, 0.29) is 54.2 Å². The standard InChI is InChI=1S/C40H37FN4O5/c1-2-30-20-34-31(19-33(30)41)21-35(44-40(48)50-26-28-12-7-4-8-13-28)39(43-34)37(46)22-32-23-42-16-15-36(32)45-17-9-14-29(24-45)18-38(47)49-25-27-10-5-3-6-11-27/h2-8,10-13,15-16,19-21,23,29H,1,9,14,17-18,22,24-26H2,(H,44,48)/t29-/m1/s1. The van der Waals surface area contributed by atoms with Crippen LogP contribution < -0.4 is 10.2 Å². The Hall–Kier alpha value is -5.90. The summed E-state index contributed by atoms with van der Waals surface area (Å²) in [6.45, 7) is 5.30. The van der Waals surface area contributed by atoms with Crippen molar-refractivity contribution >= 4 is 46.2 Å². The van der Waals surface area contributed by atoms with Crippen molar-refractivity contribution in [3.05, 3.63) is 138 Å². The molecule has 1 N–H and O–H groups in total. The number of fused-ring (bicyclic) bond motifs is 1. The number of ether oxygens (including phenoxy) is 2. The second kappa shape index (κ2) is 16.0. The lowest BCUT2D eigenvalue weighted by atomic mass is 9.93. The van der Waals surface area contributed by atoms with Gasteiger partial charge in [-0.15, -0.1) is 0 Å². The van der Waals surface area contributed by atoms with Gasteiger partial charge in [0, 0.05) is 54.1 Å². The van der Waals surface area contributed by atoms with Crippen LogP contribution in [0, 0.1) is 11.7 Å². The summed E-state index contributed by atoms with van der Waals surface area (Å²) in [7, 11) is 0. The Balaban J connectivity index is 1.19. The number of hydrogen-bond acceptors (Lipinski definition) is 8. The number of piperidine rings is 1. The highest BCUT2D eigenvalue weighted by molar-refractivity contribution is 6.06. The molecule has 1 aliphatic rings. The smallest absolute Gasteiger partial charge is 0.412 e. The number of pyridine rings is 2. The molecular formula is C40H37FN4O5. The average molecular weight is 673 g/mol. The van der Waals surface area contributed by atoms with Gasteiger partial charge in [0.1, 0.15) is 24.7 Å². The molecule has 1 amide bonds. The molecule has 3 heterocycles. The van der Waals surface area contributed by atoms with Gasteiger partial charge in [0.25, 0.3) is 0 Å². The minimum atomic E-state index is -0.782. The molecule has 9 nitrogen and oxygen atoms in total. The highest BCUT2D eigenvalue weighted by atomic mass is 19.1.